The fourth-order valence-electron chi connectivity index (χ4n) is 1.28. The van der Waals surface area contributed by atoms with Gasteiger partial charge in [-0.25, -0.2) is 0 Å². The molecule has 0 saturated carbocycles. The fourth-order valence-corrected chi connectivity index (χ4v) is 1.44. The maximum Gasteiger partial charge on any atom is 0.421 e. The molecular weight excluding hydrogens is 259 g/mol. The van der Waals surface area contributed by atoms with E-state index >= 15 is 0 Å². The lowest BCUT2D eigenvalue weighted by Gasteiger charge is -2.11. The number of rotatable bonds is 3. The average Bonchev–Trinajstić information content (AvgIpc) is 2.18. The molecule has 0 unspecified atom stereocenters. The van der Waals surface area contributed by atoms with E-state index in [0.717, 1.165) is 6.07 Å². The molecule has 0 aromatic carbocycles. The molecule has 0 aliphatic rings. The molecule has 0 atom stereocenters. The van der Waals surface area contributed by atoms with Gasteiger partial charge < -0.3 is 4.57 Å². The summed E-state index contributed by atoms with van der Waals surface area (Å²) in [6.45, 7) is 3.07. The predicted molar refractivity (Wildman–Crippen MR) is 56.1 cm³/mol. The van der Waals surface area contributed by atoms with Crippen LogP contribution in [0, 0.1) is 0 Å². The Hall–Kier alpha value is -1.56. The summed E-state index contributed by atoms with van der Waals surface area (Å²) in [7, 11) is 0. The molecule has 1 aromatic heterocycles. The summed E-state index contributed by atoms with van der Waals surface area (Å²) >= 11 is 5.17. The molecule has 7 heteroatoms. The maximum atomic E-state index is 12.4. The van der Waals surface area contributed by atoms with Gasteiger partial charge in [-0.1, -0.05) is 6.08 Å². The van der Waals surface area contributed by atoms with Gasteiger partial charge in [0.25, 0.3) is 10.8 Å². The van der Waals surface area contributed by atoms with E-state index in [1.54, 1.807) is 0 Å². The fraction of sp³-hybridized carbons (Fsp3) is 0.200. The number of carbonyl (C=O) groups is 1. The van der Waals surface area contributed by atoms with Crippen molar-refractivity contribution in [3.8, 4) is 0 Å². The molecule has 0 aliphatic heterocycles. The number of alkyl halides is 3. The number of nitrogens with zero attached hydrogens (tertiary/aromatic N) is 1. The average molecular weight is 266 g/mol. The number of carbonyl (C=O) groups excluding carboxylic acids is 1. The van der Waals surface area contributed by atoms with Crippen LogP contribution >= 0.6 is 11.6 Å². The van der Waals surface area contributed by atoms with E-state index in [-0.39, 0.29) is 12.2 Å². The molecule has 1 rings (SSSR count). The van der Waals surface area contributed by atoms with Crippen LogP contribution in [-0.2, 0) is 12.7 Å². The van der Waals surface area contributed by atoms with Gasteiger partial charge >= 0.3 is 6.18 Å². The van der Waals surface area contributed by atoms with Crippen molar-refractivity contribution in [3.63, 3.8) is 0 Å². The van der Waals surface area contributed by atoms with Gasteiger partial charge in [0, 0.05) is 6.54 Å². The second-order valence-corrected chi connectivity index (χ2v) is 3.45. The number of aromatic nitrogens is 1. The Labute approximate surface area is 99.1 Å². The molecule has 3 nitrogen and oxygen atoms in total. The van der Waals surface area contributed by atoms with Gasteiger partial charge in [0.1, 0.15) is 11.3 Å². The second-order valence-electron chi connectivity index (χ2n) is 3.11. The van der Waals surface area contributed by atoms with E-state index < -0.39 is 22.5 Å². The lowest BCUT2D eigenvalue weighted by Crippen LogP contribution is -2.31. The normalized spacial score (nSPS) is 11.3. The van der Waals surface area contributed by atoms with Gasteiger partial charge in [0.15, 0.2) is 0 Å². The summed E-state index contributed by atoms with van der Waals surface area (Å²) in [4.78, 5) is 22.5. The van der Waals surface area contributed by atoms with Crippen LogP contribution in [0.2, 0.25) is 0 Å². The highest BCUT2D eigenvalue weighted by molar-refractivity contribution is 6.67. The lowest BCUT2D eigenvalue weighted by molar-refractivity contribution is -0.139. The Kier molecular flexibility index (Phi) is 3.77. The molecular formula is C10H7ClF3NO2. The smallest absolute Gasteiger partial charge is 0.300 e. The zero-order valence-corrected chi connectivity index (χ0v) is 9.18. The van der Waals surface area contributed by atoms with Gasteiger partial charge in [-0.2, -0.15) is 13.2 Å². The first-order valence-corrected chi connectivity index (χ1v) is 4.78. The van der Waals surface area contributed by atoms with Crippen LogP contribution in [0.1, 0.15) is 16.1 Å². The molecule has 0 radical (unpaired) electrons. The quantitative estimate of drug-likeness (QED) is 0.622. The number of hydrogen-bond acceptors (Lipinski definition) is 2. The molecule has 0 spiro atoms. The van der Waals surface area contributed by atoms with Gasteiger partial charge in [-0.3, -0.25) is 9.59 Å². The highest BCUT2D eigenvalue weighted by Crippen LogP contribution is 2.26. The highest BCUT2D eigenvalue weighted by Gasteiger charge is 2.35. The van der Waals surface area contributed by atoms with Crippen LogP contribution in [0.4, 0.5) is 13.2 Å². The van der Waals surface area contributed by atoms with Gasteiger partial charge in [-0.15, -0.1) is 6.58 Å². The minimum Gasteiger partial charge on any atom is -0.300 e. The first kappa shape index (κ1) is 13.5. The summed E-state index contributed by atoms with van der Waals surface area (Å²) < 4.78 is 38.0. The number of allylic oxidation sites excluding steroid dienone is 1. The Morgan fingerprint density at radius 2 is 2.06 bits per heavy atom. The second kappa shape index (κ2) is 4.75. The van der Waals surface area contributed by atoms with Crippen molar-refractivity contribution in [2.45, 2.75) is 12.7 Å². The number of halogens is 4. The minimum atomic E-state index is -4.77. The maximum absolute atomic E-state index is 12.4. The third-order valence-electron chi connectivity index (χ3n) is 1.99. The largest absolute Gasteiger partial charge is 0.421 e. The topological polar surface area (TPSA) is 39.1 Å². The summed E-state index contributed by atoms with van der Waals surface area (Å²) in [5.41, 5.74) is -2.96. The SMILES string of the molecule is C=CCn1c(C(=O)Cl)ccc(C(F)(F)F)c1=O. The Balaban J connectivity index is 3.55. The van der Waals surface area contributed by atoms with Crippen LogP contribution in [0.15, 0.2) is 29.6 Å². The van der Waals surface area contributed by atoms with E-state index in [4.69, 9.17) is 11.6 Å². The highest BCUT2D eigenvalue weighted by atomic mass is 35.5. The van der Waals surface area contributed by atoms with Crippen molar-refractivity contribution in [3.05, 3.63) is 46.4 Å². The molecule has 0 bridgehead atoms. The standard InChI is InChI=1S/C10H7ClF3NO2/c1-2-5-15-7(8(11)16)4-3-6(9(15)17)10(12,13)14/h2-4H,1,5H2. The van der Waals surface area contributed by atoms with Crippen molar-refractivity contribution in [2.75, 3.05) is 0 Å². The van der Waals surface area contributed by atoms with Gasteiger partial charge in [0.2, 0.25) is 0 Å². The Morgan fingerprint density at radius 3 is 2.47 bits per heavy atom. The summed E-state index contributed by atoms with van der Waals surface area (Å²) in [6, 6.07) is 1.40. The van der Waals surface area contributed by atoms with Crippen LogP contribution < -0.4 is 5.56 Å². The third-order valence-corrected chi connectivity index (χ3v) is 2.19. The zero-order chi connectivity index (χ0) is 13.2. The van der Waals surface area contributed by atoms with E-state index in [9.17, 15) is 22.8 Å². The van der Waals surface area contributed by atoms with E-state index in [1.807, 2.05) is 0 Å². The molecule has 92 valence electrons. The Morgan fingerprint density at radius 1 is 1.47 bits per heavy atom. The van der Waals surface area contributed by atoms with Gasteiger partial charge in [-0.05, 0) is 23.7 Å². The van der Waals surface area contributed by atoms with E-state index in [0.29, 0.717) is 10.6 Å². The van der Waals surface area contributed by atoms with Crippen molar-refractivity contribution < 1.29 is 18.0 Å². The zero-order valence-electron chi connectivity index (χ0n) is 8.42. The monoisotopic (exact) mass is 265 g/mol. The molecule has 0 aliphatic carbocycles. The molecule has 0 N–H and O–H groups in total. The van der Waals surface area contributed by atoms with E-state index in [1.165, 1.54) is 6.08 Å². The first-order valence-electron chi connectivity index (χ1n) is 4.40. The van der Waals surface area contributed by atoms with Crippen LogP contribution in [0.5, 0.6) is 0 Å². The molecule has 1 heterocycles. The summed E-state index contributed by atoms with van der Waals surface area (Å²) in [6.07, 6.45) is -3.57. The molecule has 0 fully saturated rings. The first-order chi connectivity index (χ1) is 7.79. The van der Waals surface area contributed by atoms with Crippen LogP contribution in [-0.4, -0.2) is 9.81 Å². The van der Waals surface area contributed by atoms with Crippen molar-refractivity contribution in [1.82, 2.24) is 4.57 Å². The lowest BCUT2D eigenvalue weighted by atomic mass is 10.2. The van der Waals surface area contributed by atoms with Crippen LogP contribution in [0.3, 0.4) is 0 Å². The summed E-state index contributed by atoms with van der Waals surface area (Å²) in [5, 5.41) is -1.00. The van der Waals surface area contributed by atoms with Crippen molar-refractivity contribution in [2.24, 2.45) is 0 Å². The minimum absolute atomic E-state index is 0.226. The van der Waals surface area contributed by atoms with E-state index in [2.05, 4.69) is 6.58 Å². The Bertz CT molecular complexity index is 519. The third kappa shape index (κ3) is 2.76. The molecule has 0 amide bonds. The molecule has 1 aromatic rings. The van der Waals surface area contributed by atoms with Crippen LogP contribution in [0.25, 0.3) is 0 Å². The number of hydrogen-bond donors (Lipinski definition) is 0. The van der Waals surface area contributed by atoms with Crippen molar-refractivity contribution >= 4 is 16.8 Å². The van der Waals surface area contributed by atoms with Gasteiger partial charge in [0.05, 0.1) is 0 Å². The molecule has 0 saturated heterocycles. The number of pyridine rings is 1. The van der Waals surface area contributed by atoms with Crippen molar-refractivity contribution in [1.29, 1.82) is 0 Å². The predicted octanol–water partition coefficient (Wildman–Crippen LogP) is 2.43. The molecule has 17 heavy (non-hydrogen) atoms. The summed E-state index contributed by atoms with van der Waals surface area (Å²) in [5.74, 6) is 0.